The van der Waals surface area contributed by atoms with Gasteiger partial charge in [0.1, 0.15) is 5.75 Å². The van der Waals surface area contributed by atoms with Crippen molar-refractivity contribution in [2.45, 2.75) is 31.2 Å². The second-order valence-corrected chi connectivity index (χ2v) is 4.95. The van der Waals surface area contributed by atoms with Crippen LogP contribution in [0.15, 0.2) is 18.2 Å². The monoisotopic (exact) mass is 253 g/mol. The van der Waals surface area contributed by atoms with Gasteiger partial charge in [0.25, 0.3) is 0 Å². The summed E-state index contributed by atoms with van der Waals surface area (Å²) in [5.41, 5.74) is 6.02. The lowest BCUT2D eigenvalue weighted by Gasteiger charge is -2.22. The molecule has 92 valence electrons. The van der Waals surface area contributed by atoms with E-state index in [0.717, 1.165) is 25.7 Å². The van der Waals surface area contributed by atoms with Crippen LogP contribution in [0.5, 0.6) is 5.75 Å². The Morgan fingerprint density at radius 3 is 2.65 bits per heavy atom. The summed E-state index contributed by atoms with van der Waals surface area (Å²) in [7, 11) is 1.53. The lowest BCUT2D eigenvalue weighted by Crippen LogP contribution is -2.45. The minimum absolute atomic E-state index is 0.00929. The molecule has 0 heterocycles. The molecule has 1 aliphatic carbocycles. The van der Waals surface area contributed by atoms with Crippen molar-refractivity contribution in [3.8, 4) is 5.75 Å². The van der Waals surface area contributed by atoms with Crippen LogP contribution in [0.2, 0.25) is 5.02 Å². The molecular formula is C13H16ClNO2. The van der Waals surface area contributed by atoms with Crippen molar-refractivity contribution < 1.29 is 9.53 Å². The fourth-order valence-corrected chi connectivity index (χ4v) is 2.52. The van der Waals surface area contributed by atoms with Crippen LogP contribution in [0, 0.1) is 0 Å². The number of ketones is 1. The molecule has 4 heteroatoms. The number of methoxy groups -OCH3 is 1. The van der Waals surface area contributed by atoms with Gasteiger partial charge in [0.15, 0.2) is 5.78 Å². The minimum Gasteiger partial charge on any atom is -0.495 e. The van der Waals surface area contributed by atoms with Crippen molar-refractivity contribution in [2.24, 2.45) is 5.73 Å². The van der Waals surface area contributed by atoms with E-state index in [0.29, 0.717) is 16.3 Å². The fourth-order valence-electron chi connectivity index (χ4n) is 2.32. The molecule has 17 heavy (non-hydrogen) atoms. The van der Waals surface area contributed by atoms with Crippen LogP contribution in [-0.4, -0.2) is 18.4 Å². The summed E-state index contributed by atoms with van der Waals surface area (Å²) in [6.07, 6.45) is 3.56. The van der Waals surface area contributed by atoms with Crippen LogP contribution >= 0.6 is 11.6 Å². The fraction of sp³-hybridized carbons (Fsp3) is 0.462. The van der Waals surface area contributed by atoms with Gasteiger partial charge in [-0.2, -0.15) is 0 Å². The van der Waals surface area contributed by atoms with E-state index < -0.39 is 5.54 Å². The van der Waals surface area contributed by atoms with Crippen molar-refractivity contribution >= 4 is 17.4 Å². The highest BCUT2D eigenvalue weighted by Crippen LogP contribution is 2.32. The molecule has 0 radical (unpaired) electrons. The topological polar surface area (TPSA) is 52.3 Å². The van der Waals surface area contributed by atoms with Crippen molar-refractivity contribution in [1.82, 2.24) is 0 Å². The number of halogens is 1. The minimum atomic E-state index is -0.696. The Kier molecular flexibility index (Phi) is 3.40. The van der Waals surface area contributed by atoms with Gasteiger partial charge < -0.3 is 10.5 Å². The summed E-state index contributed by atoms with van der Waals surface area (Å²) in [6, 6.07) is 5.05. The first-order valence-corrected chi connectivity index (χ1v) is 6.12. The molecule has 0 saturated heterocycles. The highest BCUT2D eigenvalue weighted by molar-refractivity contribution is 6.32. The number of Topliss-reactive ketones (excluding diaryl/α,β-unsaturated/α-hetero) is 1. The number of benzene rings is 1. The molecule has 1 aromatic carbocycles. The number of rotatable bonds is 3. The smallest absolute Gasteiger partial charge is 0.182 e. The van der Waals surface area contributed by atoms with Crippen LogP contribution in [0.4, 0.5) is 0 Å². The van der Waals surface area contributed by atoms with Gasteiger partial charge in [-0.1, -0.05) is 24.4 Å². The molecule has 0 unspecified atom stereocenters. The Balaban J connectivity index is 2.31. The largest absolute Gasteiger partial charge is 0.495 e. The molecule has 0 bridgehead atoms. The molecule has 3 nitrogen and oxygen atoms in total. The zero-order chi connectivity index (χ0) is 12.5. The van der Waals surface area contributed by atoms with Crippen LogP contribution in [-0.2, 0) is 0 Å². The predicted octanol–water partition coefficient (Wildman–Crippen LogP) is 2.80. The van der Waals surface area contributed by atoms with Gasteiger partial charge in [-0.15, -0.1) is 0 Å². The van der Waals surface area contributed by atoms with E-state index in [4.69, 9.17) is 22.1 Å². The molecular weight excluding hydrogens is 238 g/mol. The number of hydrogen-bond acceptors (Lipinski definition) is 3. The van der Waals surface area contributed by atoms with E-state index in [1.54, 1.807) is 18.2 Å². The third-order valence-corrected chi connectivity index (χ3v) is 3.67. The summed E-state index contributed by atoms with van der Waals surface area (Å²) in [5.74, 6) is 0.504. The highest BCUT2D eigenvalue weighted by Gasteiger charge is 2.37. The predicted molar refractivity (Wildman–Crippen MR) is 67.7 cm³/mol. The Morgan fingerprint density at radius 2 is 2.06 bits per heavy atom. The summed E-state index contributed by atoms with van der Waals surface area (Å²) >= 11 is 5.93. The Morgan fingerprint density at radius 1 is 1.41 bits per heavy atom. The van der Waals surface area contributed by atoms with Crippen molar-refractivity contribution in [1.29, 1.82) is 0 Å². The molecule has 2 N–H and O–H groups in total. The van der Waals surface area contributed by atoms with E-state index in [1.165, 1.54) is 7.11 Å². The van der Waals surface area contributed by atoms with Crippen molar-refractivity contribution in [3.05, 3.63) is 28.8 Å². The zero-order valence-corrected chi connectivity index (χ0v) is 10.6. The number of nitrogens with two attached hydrogens (primary N) is 1. The Labute approximate surface area is 106 Å². The summed E-state index contributed by atoms with van der Waals surface area (Å²) < 4.78 is 5.11. The maximum absolute atomic E-state index is 12.3. The molecule has 1 aromatic rings. The summed E-state index contributed by atoms with van der Waals surface area (Å²) in [5, 5.41) is 0.501. The lowest BCUT2D eigenvalue weighted by atomic mass is 9.89. The number of ether oxygens (including phenoxy) is 1. The first kappa shape index (κ1) is 12.4. The van der Waals surface area contributed by atoms with Gasteiger partial charge in [0.2, 0.25) is 0 Å². The first-order valence-electron chi connectivity index (χ1n) is 5.74. The van der Waals surface area contributed by atoms with Gasteiger partial charge in [-0.05, 0) is 31.0 Å². The van der Waals surface area contributed by atoms with E-state index >= 15 is 0 Å². The Bertz CT molecular complexity index is 439. The lowest BCUT2D eigenvalue weighted by molar-refractivity contribution is 0.0891. The van der Waals surface area contributed by atoms with Crippen LogP contribution in [0.1, 0.15) is 36.0 Å². The van der Waals surface area contributed by atoms with Crippen LogP contribution < -0.4 is 10.5 Å². The van der Waals surface area contributed by atoms with Gasteiger partial charge in [-0.25, -0.2) is 0 Å². The number of carbonyl (C=O) groups excluding carboxylic acids is 1. The zero-order valence-electron chi connectivity index (χ0n) is 9.83. The average Bonchev–Trinajstić information content (AvgIpc) is 2.77. The molecule has 0 spiro atoms. The molecule has 1 fully saturated rings. The summed E-state index contributed by atoms with van der Waals surface area (Å²) in [6.45, 7) is 0. The molecule has 2 rings (SSSR count). The first-order chi connectivity index (χ1) is 8.07. The van der Waals surface area contributed by atoms with Crippen molar-refractivity contribution in [2.75, 3.05) is 7.11 Å². The summed E-state index contributed by atoms with van der Waals surface area (Å²) in [4.78, 5) is 12.3. The average molecular weight is 254 g/mol. The third-order valence-electron chi connectivity index (χ3n) is 3.36. The Hall–Kier alpha value is -1.06. The maximum atomic E-state index is 12.3. The van der Waals surface area contributed by atoms with Gasteiger partial charge >= 0.3 is 0 Å². The quantitative estimate of drug-likeness (QED) is 0.843. The van der Waals surface area contributed by atoms with E-state index in [2.05, 4.69) is 0 Å². The number of carbonyl (C=O) groups is 1. The van der Waals surface area contributed by atoms with Crippen molar-refractivity contribution in [3.63, 3.8) is 0 Å². The van der Waals surface area contributed by atoms with E-state index in [9.17, 15) is 4.79 Å². The standard InChI is InChI=1S/C13H16ClNO2/c1-17-11-8-9(4-5-10(11)14)12(16)13(15)6-2-3-7-13/h4-5,8H,2-3,6-7,15H2,1H3. The third kappa shape index (κ3) is 2.31. The highest BCUT2D eigenvalue weighted by atomic mass is 35.5. The number of hydrogen-bond donors (Lipinski definition) is 1. The van der Waals surface area contributed by atoms with E-state index in [1.807, 2.05) is 0 Å². The second kappa shape index (κ2) is 4.67. The molecule has 1 aliphatic rings. The van der Waals surface area contributed by atoms with Gasteiger partial charge in [0, 0.05) is 5.56 Å². The molecule has 0 atom stereocenters. The van der Waals surface area contributed by atoms with Gasteiger partial charge in [-0.3, -0.25) is 4.79 Å². The second-order valence-electron chi connectivity index (χ2n) is 4.54. The van der Waals surface area contributed by atoms with Gasteiger partial charge in [0.05, 0.1) is 17.7 Å². The molecule has 0 aromatic heterocycles. The normalized spacial score (nSPS) is 18.1. The van der Waals surface area contributed by atoms with E-state index in [-0.39, 0.29) is 5.78 Å². The SMILES string of the molecule is COc1cc(C(=O)C2(N)CCCC2)ccc1Cl. The van der Waals surface area contributed by atoms with Crippen LogP contribution in [0.25, 0.3) is 0 Å². The molecule has 0 aliphatic heterocycles. The molecule has 1 saturated carbocycles. The van der Waals surface area contributed by atoms with Crippen LogP contribution in [0.3, 0.4) is 0 Å². The molecule has 0 amide bonds. The maximum Gasteiger partial charge on any atom is 0.182 e.